The van der Waals surface area contributed by atoms with Crippen LogP contribution in [0.2, 0.25) is 0 Å². The number of nitrogens with one attached hydrogen (secondary N) is 2. The van der Waals surface area contributed by atoms with E-state index in [1.165, 1.54) is 6.33 Å². The van der Waals surface area contributed by atoms with Crippen LogP contribution in [0, 0.1) is 19.3 Å². The minimum Gasteiger partial charge on any atom is -0.383 e. The second-order valence-corrected chi connectivity index (χ2v) is 7.90. The van der Waals surface area contributed by atoms with Gasteiger partial charge in [0, 0.05) is 11.9 Å². The van der Waals surface area contributed by atoms with E-state index in [0.29, 0.717) is 28.3 Å². The summed E-state index contributed by atoms with van der Waals surface area (Å²) in [7, 11) is 0. The molecule has 0 unspecified atom stereocenters. The number of nitrogens with zero attached hydrogens (tertiary/aromatic N) is 4. The van der Waals surface area contributed by atoms with Crippen LogP contribution in [-0.4, -0.2) is 24.1 Å². The van der Waals surface area contributed by atoms with Crippen molar-refractivity contribution in [2.45, 2.75) is 20.4 Å². The Kier molecular flexibility index (Phi) is 5.51. The van der Waals surface area contributed by atoms with Gasteiger partial charge in [0.15, 0.2) is 0 Å². The molecule has 0 aliphatic carbocycles. The van der Waals surface area contributed by atoms with Gasteiger partial charge in [0.2, 0.25) is 0 Å². The molecule has 4 rings (SSSR count). The minimum atomic E-state index is -0.134. The number of aryl methyl sites for hydroxylation is 2. The topological polar surface area (TPSA) is 123 Å². The van der Waals surface area contributed by atoms with Gasteiger partial charge in [-0.1, -0.05) is 24.3 Å². The normalized spacial score (nSPS) is 10.9. The molecule has 9 heteroatoms. The van der Waals surface area contributed by atoms with Crippen LogP contribution in [0.15, 0.2) is 53.7 Å². The van der Waals surface area contributed by atoms with Crippen molar-refractivity contribution >= 4 is 43.0 Å². The third-order valence-corrected chi connectivity index (χ3v) is 5.45. The van der Waals surface area contributed by atoms with Crippen LogP contribution in [0.3, 0.4) is 0 Å². The molecule has 3 heterocycles. The molecule has 4 N–H and O–H groups in total. The Balaban J connectivity index is 1.90. The van der Waals surface area contributed by atoms with Crippen LogP contribution < -0.4 is 16.6 Å². The summed E-state index contributed by atoms with van der Waals surface area (Å²) < 4.78 is 1.70. The van der Waals surface area contributed by atoms with E-state index in [0.717, 1.165) is 16.5 Å². The Morgan fingerprint density at radius 1 is 1.16 bits per heavy atom. The Morgan fingerprint density at radius 2 is 1.94 bits per heavy atom. The highest BCUT2D eigenvalue weighted by atomic mass is 79.9. The Hall–Kier alpha value is -3.59. The number of benzene rings is 1. The standard InChI is InChI=1S/C22H20BrN7O/c1-12-5-3-7-14-9-15(10-27-20-17(18(23)24)19(25)28-11-29-20)30(22(31)16(12)14)21-13(2)6-4-8-26-21/h3-9,11,24H,10H2,1-2H3,(H3,25,27,28,29). The van der Waals surface area contributed by atoms with Crippen LogP contribution >= 0.6 is 15.9 Å². The van der Waals surface area contributed by atoms with E-state index in [9.17, 15) is 4.79 Å². The van der Waals surface area contributed by atoms with Gasteiger partial charge in [-0.3, -0.25) is 14.8 Å². The number of pyridine rings is 2. The Bertz CT molecular complexity index is 1380. The number of anilines is 2. The Labute approximate surface area is 186 Å². The number of aromatic nitrogens is 4. The van der Waals surface area contributed by atoms with E-state index < -0.39 is 0 Å². The highest BCUT2D eigenvalue weighted by molar-refractivity contribution is 9.18. The highest BCUT2D eigenvalue weighted by Crippen LogP contribution is 2.23. The van der Waals surface area contributed by atoms with Crippen molar-refractivity contribution in [3.63, 3.8) is 0 Å². The molecule has 0 radical (unpaired) electrons. The molecule has 0 spiro atoms. The molecule has 0 bridgehead atoms. The maximum absolute atomic E-state index is 13.6. The van der Waals surface area contributed by atoms with Gasteiger partial charge in [0.1, 0.15) is 28.4 Å². The summed E-state index contributed by atoms with van der Waals surface area (Å²) >= 11 is 3.14. The first kappa shape index (κ1) is 20.7. The fourth-order valence-corrected chi connectivity index (χ4v) is 3.98. The zero-order valence-electron chi connectivity index (χ0n) is 17.0. The third-order valence-electron chi connectivity index (χ3n) is 5.06. The van der Waals surface area contributed by atoms with E-state index in [4.69, 9.17) is 11.1 Å². The number of halogens is 1. The van der Waals surface area contributed by atoms with E-state index in [-0.39, 0.29) is 22.5 Å². The molecule has 0 aliphatic rings. The molecule has 3 aromatic heterocycles. The second kappa shape index (κ2) is 8.27. The molecular weight excluding hydrogens is 458 g/mol. The zero-order valence-corrected chi connectivity index (χ0v) is 18.6. The number of fused-ring (bicyclic) bond motifs is 1. The van der Waals surface area contributed by atoms with Crippen molar-refractivity contribution < 1.29 is 0 Å². The largest absolute Gasteiger partial charge is 0.383 e. The fraction of sp³-hybridized carbons (Fsp3) is 0.136. The maximum atomic E-state index is 13.6. The predicted molar refractivity (Wildman–Crippen MR) is 126 cm³/mol. The van der Waals surface area contributed by atoms with Gasteiger partial charge in [0.25, 0.3) is 5.56 Å². The number of nitrogen functional groups attached to an aromatic ring is 1. The van der Waals surface area contributed by atoms with Crippen molar-refractivity contribution in [2.75, 3.05) is 11.1 Å². The molecule has 0 saturated carbocycles. The predicted octanol–water partition coefficient (Wildman–Crippen LogP) is 3.71. The molecular formula is C22H20BrN7O. The average Bonchev–Trinajstić information content (AvgIpc) is 2.73. The molecule has 4 aromatic rings. The van der Waals surface area contributed by atoms with Crippen molar-refractivity contribution in [2.24, 2.45) is 0 Å². The molecule has 8 nitrogen and oxygen atoms in total. The smallest absolute Gasteiger partial charge is 0.264 e. The van der Waals surface area contributed by atoms with Gasteiger partial charge in [-0.15, -0.1) is 0 Å². The zero-order chi connectivity index (χ0) is 22.1. The summed E-state index contributed by atoms with van der Waals surface area (Å²) in [6.45, 7) is 4.11. The first-order chi connectivity index (χ1) is 14.9. The highest BCUT2D eigenvalue weighted by Gasteiger charge is 2.17. The molecule has 31 heavy (non-hydrogen) atoms. The van der Waals surface area contributed by atoms with Crippen LogP contribution in [0.4, 0.5) is 11.6 Å². The van der Waals surface area contributed by atoms with E-state index in [1.54, 1.807) is 10.8 Å². The lowest BCUT2D eigenvalue weighted by molar-refractivity contribution is 0.854. The van der Waals surface area contributed by atoms with Gasteiger partial charge in [-0.05, 0) is 58.4 Å². The summed E-state index contributed by atoms with van der Waals surface area (Å²) in [6.07, 6.45) is 3.00. The molecule has 1 aromatic carbocycles. The second-order valence-electron chi connectivity index (χ2n) is 7.11. The van der Waals surface area contributed by atoms with Crippen LogP contribution in [0.1, 0.15) is 22.4 Å². The maximum Gasteiger partial charge on any atom is 0.264 e. The monoisotopic (exact) mass is 477 g/mol. The SMILES string of the molecule is Cc1cccnc1-n1c(CNc2ncnc(N)c2C(=N)Br)cc2cccc(C)c2c1=O. The number of hydrogen-bond donors (Lipinski definition) is 3. The van der Waals surface area contributed by atoms with Crippen LogP contribution in [-0.2, 0) is 6.54 Å². The molecule has 0 fully saturated rings. The van der Waals surface area contributed by atoms with Gasteiger partial charge in [0.05, 0.1) is 17.5 Å². The first-order valence-electron chi connectivity index (χ1n) is 9.53. The summed E-state index contributed by atoms with van der Waals surface area (Å²) in [5.74, 6) is 1.16. The summed E-state index contributed by atoms with van der Waals surface area (Å²) in [5, 5.41) is 12.6. The Morgan fingerprint density at radius 3 is 2.68 bits per heavy atom. The van der Waals surface area contributed by atoms with Crippen molar-refractivity contribution in [1.82, 2.24) is 19.5 Å². The summed E-state index contributed by atoms with van der Waals surface area (Å²) in [5.41, 5.74) is 8.64. The van der Waals surface area contributed by atoms with Crippen LogP contribution in [0.5, 0.6) is 0 Å². The van der Waals surface area contributed by atoms with Gasteiger partial charge in [-0.2, -0.15) is 0 Å². The van der Waals surface area contributed by atoms with E-state index >= 15 is 0 Å². The lowest BCUT2D eigenvalue weighted by Crippen LogP contribution is -2.26. The summed E-state index contributed by atoms with van der Waals surface area (Å²) in [4.78, 5) is 26.2. The van der Waals surface area contributed by atoms with Crippen LogP contribution in [0.25, 0.3) is 16.6 Å². The lowest BCUT2D eigenvalue weighted by atomic mass is 10.1. The lowest BCUT2D eigenvalue weighted by Gasteiger charge is -2.18. The van der Waals surface area contributed by atoms with Crippen molar-refractivity contribution in [3.05, 3.63) is 81.7 Å². The molecule has 0 saturated heterocycles. The van der Waals surface area contributed by atoms with Gasteiger partial charge >= 0.3 is 0 Å². The molecule has 0 amide bonds. The molecule has 0 aliphatic heterocycles. The van der Waals surface area contributed by atoms with E-state index in [2.05, 4.69) is 36.2 Å². The van der Waals surface area contributed by atoms with Gasteiger partial charge in [-0.25, -0.2) is 15.0 Å². The molecule has 156 valence electrons. The third kappa shape index (κ3) is 3.79. The average molecular weight is 478 g/mol. The van der Waals surface area contributed by atoms with Crippen molar-refractivity contribution in [3.8, 4) is 5.82 Å². The summed E-state index contributed by atoms with van der Waals surface area (Å²) in [6, 6.07) is 11.5. The van der Waals surface area contributed by atoms with Gasteiger partial charge < -0.3 is 11.1 Å². The van der Waals surface area contributed by atoms with Crippen molar-refractivity contribution in [1.29, 1.82) is 5.41 Å². The fourth-order valence-electron chi connectivity index (χ4n) is 3.59. The van der Waals surface area contributed by atoms with E-state index in [1.807, 2.05) is 50.2 Å². The number of rotatable bonds is 5. The first-order valence-corrected chi connectivity index (χ1v) is 10.3. The number of nitrogens with two attached hydrogens (primary N) is 1. The number of hydrogen-bond acceptors (Lipinski definition) is 7. The minimum absolute atomic E-state index is 0.0696. The quantitative estimate of drug-likeness (QED) is 0.376. The molecule has 0 atom stereocenters.